The summed E-state index contributed by atoms with van der Waals surface area (Å²) in [5.74, 6) is 0.743. The maximum atomic E-state index is 13.9. The molecule has 1 N–H and O–H groups in total. The summed E-state index contributed by atoms with van der Waals surface area (Å²) in [6.45, 7) is 0. The number of nitrogens with zero attached hydrogens (tertiary/aromatic N) is 3. The van der Waals surface area contributed by atoms with E-state index >= 15 is 0 Å². The zero-order valence-corrected chi connectivity index (χ0v) is 15.3. The Morgan fingerprint density at radius 3 is 2.64 bits per heavy atom. The molecule has 0 bridgehead atoms. The topological polar surface area (TPSA) is 59.1 Å². The summed E-state index contributed by atoms with van der Waals surface area (Å²) in [5, 5.41) is 11.2. The van der Waals surface area contributed by atoms with E-state index in [1.54, 1.807) is 42.5 Å². The van der Waals surface area contributed by atoms with E-state index in [0.29, 0.717) is 34.1 Å². The fourth-order valence-electron chi connectivity index (χ4n) is 2.69. The molecule has 0 saturated carbocycles. The van der Waals surface area contributed by atoms with Crippen molar-refractivity contribution in [2.75, 3.05) is 0 Å². The van der Waals surface area contributed by atoms with Gasteiger partial charge in [0, 0.05) is 6.42 Å². The molecule has 0 unspecified atom stereocenters. The highest BCUT2D eigenvalue weighted by atomic mass is 32.1. The number of rotatable bonds is 5. The van der Waals surface area contributed by atoms with E-state index < -0.39 is 0 Å². The quantitative estimate of drug-likeness (QED) is 0.383. The van der Waals surface area contributed by atoms with Crippen molar-refractivity contribution in [3.63, 3.8) is 0 Å². The summed E-state index contributed by atoms with van der Waals surface area (Å²) in [6, 6.07) is 15.9. The van der Waals surface area contributed by atoms with E-state index in [1.165, 1.54) is 29.1 Å². The Balaban J connectivity index is 1.57. The lowest BCUT2D eigenvalue weighted by atomic mass is 10.1. The van der Waals surface area contributed by atoms with Crippen molar-refractivity contribution in [3.8, 4) is 11.3 Å². The molecule has 0 radical (unpaired) electrons. The van der Waals surface area contributed by atoms with Crippen molar-refractivity contribution in [2.45, 2.75) is 6.42 Å². The van der Waals surface area contributed by atoms with Gasteiger partial charge in [0.15, 0.2) is 5.82 Å². The molecule has 0 aliphatic rings. The monoisotopic (exact) mass is 396 g/mol. The lowest BCUT2D eigenvalue weighted by Crippen LogP contribution is -2.00. The molecule has 140 valence electrons. The van der Waals surface area contributed by atoms with Gasteiger partial charge in [-0.2, -0.15) is 14.9 Å². The number of hydrogen-bond acceptors (Lipinski definition) is 4. The maximum absolute atomic E-state index is 13.9. The van der Waals surface area contributed by atoms with Crippen molar-refractivity contribution in [1.29, 1.82) is 0 Å². The van der Waals surface area contributed by atoms with Crippen LogP contribution in [0.2, 0.25) is 0 Å². The molecular formula is C20H14F2N4OS. The number of furan rings is 1. The molecule has 8 heteroatoms. The largest absolute Gasteiger partial charge is 0.455 e. The fraction of sp³-hybridized carbons (Fsp3) is 0.0500. The predicted molar refractivity (Wildman–Crippen MR) is 104 cm³/mol. The van der Waals surface area contributed by atoms with Crippen molar-refractivity contribution in [2.24, 2.45) is 5.10 Å². The first-order valence-corrected chi connectivity index (χ1v) is 8.81. The molecule has 0 aliphatic carbocycles. The Hall–Kier alpha value is -3.39. The highest BCUT2D eigenvalue weighted by Gasteiger charge is 2.09. The van der Waals surface area contributed by atoms with E-state index in [0.717, 1.165) is 5.56 Å². The van der Waals surface area contributed by atoms with Gasteiger partial charge in [0.2, 0.25) is 4.77 Å². The minimum absolute atomic E-state index is 0.302. The second-order valence-electron chi connectivity index (χ2n) is 5.99. The summed E-state index contributed by atoms with van der Waals surface area (Å²) < 4.78 is 34.4. The highest BCUT2D eigenvalue weighted by molar-refractivity contribution is 7.71. The van der Waals surface area contributed by atoms with Crippen LogP contribution in [0.3, 0.4) is 0 Å². The third kappa shape index (κ3) is 3.81. The lowest BCUT2D eigenvalue weighted by molar-refractivity contribution is 0.562. The Morgan fingerprint density at radius 2 is 1.86 bits per heavy atom. The second kappa shape index (κ2) is 7.69. The smallest absolute Gasteiger partial charge is 0.216 e. The van der Waals surface area contributed by atoms with Crippen LogP contribution in [0.5, 0.6) is 0 Å². The number of benzene rings is 2. The van der Waals surface area contributed by atoms with Crippen LogP contribution in [0.4, 0.5) is 8.78 Å². The van der Waals surface area contributed by atoms with E-state index in [-0.39, 0.29) is 11.6 Å². The van der Waals surface area contributed by atoms with Crippen LogP contribution in [-0.4, -0.2) is 21.1 Å². The Bertz CT molecular complexity index is 1190. The van der Waals surface area contributed by atoms with Crippen molar-refractivity contribution in [3.05, 3.63) is 94.2 Å². The molecule has 0 saturated heterocycles. The van der Waals surface area contributed by atoms with Crippen LogP contribution in [0.1, 0.15) is 17.1 Å². The Kier molecular flexibility index (Phi) is 4.94. The first-order chi connectivity index (χ1) is 13.6. The van der Waals surface area contributed by atoms with Gasteiger partial charge in [-0.1, -0.05) is 24.3 Å². The molecule has 2 aromatic heterocycles. The van der Waals surface area contributed by atoms with Gasteiger partial charge in [-0.15, -0.1) is 0 Å². The van der Waals surface area contributed by atoms with Crippen LogP contribution >= 0.6 is 12.2 Å². The number of H-pyrrole nitrogens is 1. The van der Waals surface area contributed by atoms with Crippen LogP contribution in [-0.2, 0) is 6.42 Å². The summed E-state index contributed by atoms with van der Waals surface area (Å²) in [4.78, 5) is 0. The van der Waals surface area contributed by atoms with Gasteiger partial charge in [-0.05, 0) is 54.2 Å². The zero-order valence-electron chi connectivity index (χ0n) is 14.5. The van der Waals surface area contributed by atoms with Crippen molar-refractivity contribution in [1.82, 2.24) is 14.9 Å². The average molecular weight is 396 g/mol. The number of aromatic nitrogens is 3. The molecule has 2 aromatic carbocycles. The summed E-state index contributed by atoms with van der Waals surface area (Å²) in [5.41, 5.74) is 1.24. The van der Waals surface area contributed by atoms with Crippen molar-refractivity contribution < 1.29 is 13.2 Å². The van der Waals surface area contributed by atoms with Crippen LogP contribution in [0.15, 0.2) is 70.2 Å². The van der Waals surface area contributed by atoms with Gasteiger partial charge >= 0.3 is 0 Å². The van der Waals surface area contributed by atoms with Crippen LogP contribution in [0.25, 0.3) is 11.3 Å². The minimum atomic E-state index is -0.362. The van der Waals surface area contributed by atoms with Gasteiger partial charge in [0.1, 0.15) is 23.2 Å². The number of hydrogen-bond donors (Lipinski definition) is 1. The maximum Gasteiger partial charge on any atom is 0.216 e. The molecule has 4 rings (SSSR count). The van der Waals surface area contributed by atoms with Crippen LogP contribution in [0, 0.1) is 16.4 Å². The molecule has 0 atom stereocenters. The molecule has 5 nitrogen and oxygen atoms in total. The molecule has 4 aromatic rings. The first-order valence-electron chi connectivity index (χ1n) is 8.40. The minimum Gasteiger partial charge on any atom is -0.455 e. The third-order valence-corrected chi connectivity index (χ3v) is 4.32. The molecule has 0 fully saturated rings. The molecule has 2 heterocycles. The predicted octanol–water partition coefficient (Wildman–Crippen LogP) is 4.95. The average Bonchev–Trinajstić information content (AvgIpc) is 3.29. The van der Waals surface area contributed by atoms with Gasteiger partial charge in [0.05, 0.1) is 11.8 Å². The van der Waals surface area contributed by atoms with Gasteiger partial charge < -0.3 is 4.42 Å². The van der Waals surface area contributed by atoms with Gasteiger partial charge in [0.25, 0.3) is 0 Å². The van der Waals surface area contributed by atoms with E-state index in [2.05, 4.69) is 15.3 Å². The fourth-order valence-corrected chi connectivity index (χ4v) is 2.88. The van der Waals surface area contributed by atoms with Gasteiger partial charge in [-0.25, -0.2) is 8.78 Å². The molecular weight excluding hydrogens is 382 g/mol. The summed E-state index contributed by atoms with van der Waals surface area (Å²) in [6.07, 6.45) is 1.90. The highest BCUT2D eigenvalue weighted by Crippen LogP contribution is 2.24. The summed E-state index contributed by atoms with van der Waals surface area (Å²) in [7, 11) is 0. The third-order valence-electron chi connectivity index (χ3n) is 4.06. The normalized spacial score (nSPS) is 11.4. The Morgan fingerprint density at radius 1 is 1.07 bits per heavy atom. The molecule has 0 spiro atoms. The van der Waals surface area contributed by atoms with E-state index in [9.17, 15) is 8.78 Å². The number of aromatic amines is 1. The second-order valence-corrected chi connectivity index (χ2v) is 6.37. The number of nitrogens with one attached hydrogen (secondary N) is 1. The van der Waals surface area contributed by atoms with Gasteiger partial charge in [-0.3, -0.25) is 5.10 Å². The molecule has 0 aliphatic heterocycles. The first kappa shape index (κ1) is 18.0. The SMILES string of the molecule is Fc1ccc(Cc2n[nH]c(=S)n2/N=C\c2ccc(-c3ccccc3F)o2)cc1. The Labute approximate surface area is 164 Å². The van der Waals surface area contributed by atoms with E-state index in [1.807, 2.05) is 0 Å². The van der Waals surface area contributed by atoms with E-state index in [4.69, 9.17) is 16.6 Å². The van der Waals surface area contributed by atoms with Crippen LogP contribution < -0.4 is 0 Å². The summed E-state index contributed by atoms with van der Waals surface area (Å²) >= 11 is 5.22. The lowest BCUT2D eigenvalue weighted by Gasteiger charge is -2.01. The molecule has 0 amide bonds. The zero-order chi connectivity index (χ0) is 19.5. The molecule has 28 heavy (non-hydrogen) atoms. The van der Waals surface area contributed by atoms with Crippen molar-refractivity contribution >= 4 is 18.4 Å². The standard InChI is InChI=1S/C20H14F2N4OS/c21-14-7-5-13(6-8-14)11-19-24-25-20(28)26(19)23-12-15-9-10-18(27-15)16-3-1-2-4-17(16)22/h1-10,12H,11H2,(H,25,28)/b23-12-. The number of halogens is 2.